The van der Waals surface area contributed by atoms with Crippen LogP contribution in [0.4, 0.5) is 5.69 Å². The highest BCUT2D eigenvalue weighted by Gasteiger charge is 2.16. The standard InChI is InChI=1S/C14H14N2O3/c1-9-6-7-10(8-16-9)19-13-11(14(17)18-2)4-3-5-12(13)15/h3-8H,15H2,1-2H3. The number of carbonyl (C=O) groups is 1. The molecule has 5 nitrogen and oxygen atoms in total. The number of nitrogen functional groups attached to an aromatic ring is 1. The Kier molecular flexibility index (Phi) is 3.66. The maximum Gasteiger partial charge on any atom is 0.341 e. The Morgan fingerprint density at radius 2 is 2.05 bits per heavy atom. The van der Waals surface area contributed by atoms with E-state index >= 15 is 0 Å². The third-order valence-electron chi connectivity index (χ3n) is 2.55. The van der Waals surface area contributed by atoms with Gasteiger partial charge in [-0.05, 0) is 31.2 Å². The summed E-state index contributed by atoms with van der Waals surface area (Å²) in [6, 6.07) is 8.49. The summed E-state index contributed by atoms with van der Waals surface area (Å²) in [5.74, 6) is 0.288. The first-order valence-corrected chi connectivity index (χ1v) is 5.69. The third kappa shape index (κ3) is 2.82. The van der Waals surface area contributed by atoms with Crippen LogP contribution in [0.15, 0.2) is 36.5 Å². The lowest BCUT2D eigenvalue weighted by atomic mass is 10.1. The Morgan fingerprint density at radius 1 is 1.26 bits per heavy atom. The van der Waals surface area contributed by atoms with Crippen LogP contribution in [0.5, 0.6) is 11.5 Å². The van der Waals surface area contributed by atoms with Gasteiger partial charge < -0.3 is 15.2 Å². The zero-order valence-corrected chi connectivity index (χ0v) is 10.7. The molecule has 0 aliphatic carbocycles. The van der Waals surface area contributed by atoms with Crippen LogP contribution in [0, 0.1) is 6.92 Å². The largest absolute Gasteiger partial charge is 0.465 e. The highest BCUT2D eigenvalue weighted by molar-refractivity contribution is 5.94. The molecule has 0 amide bonds. The minimum atomic E-state index is -0.498. The summed E-state index contributed by atoms with van der Waals surface area (Å²) in [5, 5.41) is 0. The normalized spacial score (nSPS) is 10.0. The van der Waals surface area contributed by atoms with Crippen LogP contribution >= 0.6 is 0 Å². The molecular formula is C14H14N2O3. The van der Waals surface area contributed by atoms with Crippen LogP contribution in [0.2, 0.25) is 0 Å². The van der Waals surface area contributed by atoms with E-state index in [0.29, 0.717) is 11.4 Å². The molecule has 1 aromatic heterocycles. The fourth-order valence-corrected chi connectivity index (χ4v) is 1.57. The van der Waals surface area contributed by atoms with E-state index in [1.54, 1.807) is 30.5 Å². The molecule has 1 aromatic carbocycles. The van der Waals surface area contributed by atoms with Crippen molar-refractivity contribution in [1.29, 1.82) is 0 Å². The average molecular weight is 258 g/mol. The summed E-state index contributed by atoms with van der Waals surface area (Å²) in [6.07, 6.45) is 1.57. The third-order valence-corrected chi connectivity index (χ3v) is 2.55. The van der Waals surface area contributed by atoms with Gasteiger partial charge in [0.25, 0.3) is 0 Å². The molecule has 0 radical (unpaired) electrons. The second-order valence-corrected chi connectivity index (χ2v) is 3.95. The minimum absolute atomic E-state index is 0.278. The van der Waals surface area contributed by atoms with Crippen LogP contribution in [0.1, 0.15) is 16.1 Å². The van der Waals surface area contributed by atoms with Crippen LogP contribution in [-0.4, -0.2) is 18.1 Å². The molecule has 0 aliphatic heterocycles. The average Bonchev–Trinajstić information content (AvgIpc) is 2.42. The molecule has 0 unspecified atom stereocenters. The molecule has 2 rings (SSSR count). The number of carbonyl (C=O) groups excluding carboxylic acids is 1. The number of rotatable bonds is 3. The number of hydrogen-bond donors (Lipinski definition) is 1. The molecule has 0 saturated heterocycles. The number of ether oxygens (including phenoxy) is 2. The maximum absolute atomic E-state index is 11.7. The second-order valence-electron chi connectivity index (χ2n) is 3.95. The number of nitrogens with two attached hydrogens (primary N) is 1. The SMILES string of the molecule is COC(=O)c1cccc(N)c1Oc1ccc(C)nc1. The van der Waals surface area contributed by atoms with Crippen molar-refractivity contribution < 1.29 is 14.3 Å². The monoisotopic (exact) mass is 258 g/mol. The first-order valence-electron chi connectivity index (χ1n) is 5.69. The van der Waals surface area contributed by atoms with Gasteiger partial charge in [0.1, 0.15) is 11.3 Å². The first-order chi connectivity index (χ1) is 9.11. The van der Waals surface area contributed by atoms with E-state index in [-0.39, 0.29) is 11.3 Å². The molecule has 0 fully saturated rings. The number of aromatic nitrogens is 1. The van der Waals surface area contributed by atoms with Crippen molar-refractivity contribution >= 4 is 11.7 Å². The van der Waals surface area contributed by atoms with E-state index in [1.165, 1.54) is 7.11 Å². The summed E-state index contributed by atoms with van der Waals surface area (Å²) in [6.45, 7) is 1.88. The van der Waals surface area contributed by atoms with Gasteiger partial charge in [0.15, 0.2) is 5.75 Å². The second kappa shape index (κ2) is 5.39. The molecule has 2 N–H and O–H groups in total. The van der Waals surface area contributed by atoms with Crippen LogP contribution in [0.25, 0.3) is 0 Å². The molecule has 98 valence electrons. The lowest BCUT2D eigenvalue weighted by molar-refractivity contribution is 0.0598. The summed E-state index contributed by atoms with van der Waals surface area (Å²) in [4.78, 5) is 15.8. The van der Waals surface area contributed by atoms with Gasteiger partial charge in [-0.25, -0.2) is 4.79 Å². The van der Waals surface area contributed by atoms with Gasteiger partial charge >= 0.3 is 5.97 Å². The molecule has 0 bridgehead atoms. The number of para-hydroxylation sites is 1. The van der Waals surface area contributed by atoms with Gasteiger partial charge in [0.2, 0.25) is 0 Å². The lowest BCUT2D eigenvalue weighted by Gasteiger charge is -2.12. The number of anilines is 1. The number of nitrogens with zero attached hydrogens (tertiary/aromatic N) is 1. The van der Waals surface area contributed by atoms with Crippen molar-refractivity contribution in [2.24, 2.45) is 0 Å². The highest BCUT2D eigenvalue weighted by Crippen LogP contribution is 2.31. The summed E-state index contributed by atoms with van der Waals surface area (Å²) in [5.41, 5.74) is 7.36. The minimum Gasteiger partial charge on any atom is -0.465 e. The van der Waals surface area contributed by atoms with Gasteiger partial charge in [-0.2, -0.15) is 0 Å². The topological polar surface area (TPSA) is 74.4 Å². The van der Waals surface area contributed by atoms with E-state index in [9.17, 15) is 4.79 Å². The number of pyridine rings is 1. The number of aryl methyl sites for hydroxylation is 1. The van der Waals surface area contributed by atoms with Crippen LogP contribution in [0.3, 0.4) is 0 Å². The number of methoxy groups -OCH3 is 1. The number of hydrogen-bond acceptors (Lipinski definition) is 5. The van der Waals surface area contributed by atoms with Crippen molar-refractivity contribution in [1.82, 2.24) is 4.98 Å². The van der Waals surface area contributed by atoms with E-state index < -0.39 is 5.97 Å². The Bertz CT molecular complexity index is 594. The fourth-order valence-electron chi connectivity index (χ4n) is 1.57. The van der Waals surface area contributed by atoms with Gasteiger partial charge in [0.05, 0.1) is 19.0 Å². The molecule has 19 heavy (non-hydrogen) atoms. The van der Waals surface area contributed by atoms with Gasteiger partial charge in [0, 0.05) is 5.69 Å². The molecule has 2 aromatic rings. The number of esters is 1. The Labute approximate surface area is 111 Å². The van der Waals surface area contributed by atoms with E-state index in [0.717, 1.165) is 5.69 Å². The van der Waals surface area contributed by atoms with E-state index in [2.05, 4.69) is 4.98 Å². The predicted molar refractivity (Wildman–Crippen MR) is 71.2 cm³/mol. The Balaban J connectivity index is 2.38. The van der Waals surface area contributed by atoms with Crippen LogP contribution < -0.4 is 10.5 Å². The molecule has 0 spiro atoms. The lowest BCUT2D eigenvalue weighted by Crippen LogP contribution is -2.05. The van der Waals surface area contributed by atoms with Crippen molar-refractivity contribution in [2.45, 2.75) is 6.92 Å². The van der Waals surface area contributed by atoms with Crippen molar-refractivity contribution in [2.75, 3.05) is 12.8 Å². The number of benzene rings is 1. The van der Waals surface area contributed by atoms with Crippen molar-refractivity contribution in [3.8, 4) is 11.5 Å². The molecular weight excluding hydrogens is 244 g/mol. The summed E-state index contributed by atoms with van der Waals surface area (Å²) in [7, 11) is 1.31. The zero-order valence-electron chi connectivity index (χ0n) is 10.7. The van der Waals surface area contributed by atoms with Gasteiger partial charge in [-0.3, -0.25) is 4.98 Å². The maximum atomic E-state index is 11.7. The summed E-state index contributed by atoms with van der Waals surface area (Å²) >= 11 is 0. The highest BCUT2D eigenvalue weighted by atomic mass is 16.5. The molecule has 5 heteroatoms. The summed E-state index contributed by atoms with van der Waals surface area (Å²) < 4.78 is 10.3. The fraction of sp³-hybridized carbons (Fsp3) is 0.143. The van der Waals surface area contributed by atoms with Crippen LogP contribution in [-0.2, 0) is 4.74 Å². The van der Waals surface area contributed by atoms with Crippen molar-refractivity contribution in [3.05, 3.63) is 47.8 Å². The van der Waals surface area contributed by atoms with Crippen molar-refractivity contribution in [3.63, 3.8) is 0 Å². The Hall–Kier alpha value is -2.56. The quantitative estimate of drug-likeness (QED) is 0.676. The first kappa shape index (κ1) is 12.9. The Morgan fingerprint density at radius 3 is 2.68 bits per heavy atom. The molecule has 0 aliphatic rings. The van der Waals surface area contributed by atoms with E-state index in [1.807, 2.05) is 13.0 Å². The zero-order chi connectivity index (χ0) is 13.8. The van der Waals surface area contributed by atoms with Gasteiger partial charge in [-0.15, -0.1) is 0 Å². The van der Waals surface area contributed by atoms with E-state index in [4.69, 9.17) is 15.2 Å². The smallest absolute Gasteiger partial charge is 0.341 e. The molecule has 0 saturated carbocycles. The van der Waals surface area contributed by atoms with Gasteiger partial charge in [-0.1, -0.05) is 6.07 Å². The molecule has 1 heterocycles. The predicted octanol–water partition coefficient (Wildman–Crippen LogP) is 2.55. The molecule has 0 atom stereocenters.